The maximum absolute atomic E-state index is 11.3. The summed E-state index contributed by atoms with van der Waals surface area (Å²) in [5.74, 6) is 1.01. The summed E-state index contributed by atoms with van der Waals surface area (Å²) in [5.41, 5.74) is 1.53. The Hall–Kier alpha value is -2.66. The minimum Gasteiger partial charge on any atom is -0.370 e. The average molecular weight is 376 g/mol. The lowest BCUT2D eigenvalue weighted by Crippen LogP contribution is -2.24. The molecule has 0 aliphatic heterocycles. The van der Waals surface area contributed by atoms with Crippen LogP contribution in [0.2, 0.25) is 0 Å². The van der Waals surface area contributed by atoms with Gasteiger partial charge in [0.25, 0.3) is 0 Å². The molecule has 0 radical (unpaired) electrons. The zero-order chi connectivity index (χ0) is 19.2. The van der Waals surface area contributed by atoms with Crippen LogP contribution in [0.1, 0.15) is 13.3 Å². The Morgan fingerprint density at radius 3 is 2.54 bits per heavy atom. The molecule has 1 aromatic carbocycles. The van der Waals surface area contributed by atoms with Crippen molar-refractivity contribution in [1.29, 1.82) is 0 Å². The van der Waals surface area contributed by atoms with Gasteiger partial charge < -0.3 is 16.0 Å². The van der Waals surface area contributed by atoms with Crippen LogP contribution in [-0.2, 0) is 14.8 Å². The Kier molecular flexibility index (Phi) is 6.53. The number of hydrogen-bond acceptors (Lipinski definition) is 7. The zero-order valence-electron chi connectivity index (χ0n) is 14.6. The molecule has 0 bridgehead atoms. The average Bonchev–Trinajstić information content (AvgIpc) is 2.56. The van der Waals surface area contributed by atoms with E-state index >= 15 is 0 Å². The lowest BCUT2D eigenvalue weighted by molar-refractivity contribution is -0.118. The molecule has 2 rings (SSSR count). The van der Waals surface area contributed by atoms with Gasteiger partial charge in [-0.05, 0) is 36.1 Å². The first kappa shape index (κ1) is 19.7. The number of nitrogens with one attached hydrogen (secondary N) is 3. The number of rotatable bonds is 8. The summed E-state index contributed by atoms with van der Waals surface area (Å²) in [5, 5.41) is 14.0. The van der Waals surface area contributed by atoms with Gasteiger partial charge in [-0.25, -0.2) is 18.5 Å². The van der Waals surface area contributed by atoms with Crippen molar-refractivity contribution in [2.45, 2.75) is 18.2 Å². The van der Waals surface area contributed by atoms with Crippen molar-refractivity contribution in [2.24, 2.45) is 5.14 Å². The molecule has 1 amide bonds. The number of carbonyl (C=O) groups excluding carboxylic acids is 1. The van der Waals surface area contributed by atoms with E-state index in [1.165, 1.54) is 19.1 Å². The highest BCUT2D eigenvalue weighted by Gasteiger charge is 2.08. The number of anilines is 3. The Morgan fingerprint density at radius 2 is 1.92 bits per heavy atom. The van der Waals surface area contributed by atoms with Crippen LogP contribution in [0.15, 0.2) is 35.4 Å². The molecule has 0 saturated carbocycles. The molecule has 26 heavy (non-hydrogen) atoms. The fourth-order valence-electron chi connectivity index (χ4n) is 2.10. The molecule has 1 aromatic heterocycles. The molecular formula is C15H21BN6O3S. The van der Waals surface area contributed by atoms with Gasteiger partial charge in [0.05, 0.1) is 4.90 Å². The number of nitrogens with two attached hydrogens (primary N) is 1. The van der Waals surface area contributed by atoms with Gasteiger partial charge in [0.1, 0.15) is 13.7 Å². The van der Waals surface area contributed by atoms with Crippen LogP contribution in [0.3, 0.4) is 0 Å². The standard InChI is InChI=1S/C15H21BN6O3S/c1-10(23)18-7-2-8-19-14-13(16)9-20-15(22-14)21-11-3-5-12(6-4-11)26(17,24)25/h3-6,9H,2,7-8,16H2,1H3,(H,18,23)(H2,17,24,25)(H2,19,20,21,22). The first-order valence-corrected chi connectivity index (χ1v) is 9.52. The topological polar surface area (TPSA) is 139 Å². The van der Waals surface area contributed by atoms with Gasteiger partial charge in [-0.3, -0.25) is 4.79 Å². The number of nitrogens with zero attached hydrogens (tertiary/aromatic N) is 2. The van der Waals surface area contributed by atoms with E-state index in [9.17, 15) is 13.2 Å². The van der Waals surface area contributed by atoms with Crippen molar-refractivity contribution in [1.82, 2.24) is 15.3 Å². The molecule has 9 nitrogen and oxygen atoms in total. The Labute approximate surface area is 153 Å². The third-order valence-corrected chi connectivity index (χ3v) is 4.36. The number of benzene rings is 1. The van der Waals surface area contributed by atoms with Crippen molar-refractivity contribution in [3.8, 4) is 0 Å². The summed E-state index contributed by atoms with van der Waals surface area (Å²) < 4.78 is 22.5. The van der Waals surface area contributed by atoms with E-state index in [0.717, 1.165) is 11.9 Å². The first-order valence-electron chi connectivity index (χ1n) is 7.97. The van der Waals surface area contributed by atoms with E-state index in [1.54, 1.807) is 18.3 Å². The molecule has 1 heterocycles. The number of carbonyl (C=O) groups is 1. The molecule has 0 fully saturated rings. The van der Waals surface area contributed by atoms with Gasteiger partial charge in [-0.15, -0.1) is 0 Å². The number of hydrogen-bond donors (Lipinski definition) is 4. The van der Waals surface area contributed by atoms with E-state index in [0.29, 0.717) is 30.5 Å². The van der Waals surface area contributed by atoms with Gasteiger partial charge in [-0.2, -0.15) is 4.98 Å². The van der Waals surface area contributed by atoms with Gasteiger partial charge in [0.15, 0.2) is 0 Å². The smallest absolute Gasteiger partial charge is 0.238 e. The zero-order valence-corrected chi connectivity index (χ0v) is 15.4. The van der Waals surface area contributed by atoms with Gasteiger partial charge in [0, 0.05) is 31.9 Å². The number of aromatic nitrogens is 2. The van der Waals surface area contributed by atoms with Crippen LogP contribution in [-0.4, -0.2) is 45.2 Å². The quantitative estimate of drug-likeness (QED) is 0.345. The minimum atomic E-state index is -3.72. The molecule has 0 spiro atoms. The predicted molar refractivity (Wildman–Crippen MR) is 103 cm³/mol. The summed E-state index contributed by atoms with van der Waals surface area (Å²) >= 11 is 0. The highest BCUT2D eigenvalue weighted by molar-refractivity contribution is 7.89. The van der Waals surface area contributed by atoms with E-state index in [4.69, 9.17) is 5.14 Å². The number of primary sulfonamides is 1. The predicted octanol–water partition coefficient (Wildman–Crippen LogP) is -0.936. The van der Waals surface area contributed by atoms with Crippen LogP contribution >= 0.6 is 0 Å². The summed E-state index contributed by atoms with van der Waals surface area (Å²) in [7, 11) is -1.83. The van der Waals surface area contributed by atoms with Crippen molar-refractivity contribution < 1.29 is 13.2 Å². The second-order valence-electron chi connectivity index (χ2n) is 5.68. The molecule has 0 saturated heterocycles. The lowest BCUT2D eigenvalue weighted by Gasteiger charge is -2.11. The number of sulfonamides is 1. The van der Waals surface area contributed by atoms with Crippen LogP contribution < -0.4 is 26.6 Å². The molecule has 11 heteroatoms. The maximum Gasteiger partial charge on any atom is 0.238 e. The van der Waals surface area contributed by atoms with E-state index in [1.807, 2.05) is 7.85 Å². The van der Waals surface area contributed by atoms with Crippen molar-refractivity contribution in [2.75, 3.05) is 23.7 Å². The third-order valence-electron chi connectivity index (χ3n) is 3.43. The Balaban J connectivity index is 1.99. The molecular weight excluding hydrogens is 355 g/mol. The van der Waals surface area contributed by atoms with Crippen LogP contribution in [0.5, 0.6) is 0 Å². The second kappa shape index (κ2) is 8.63. The molecule has 0 atom stereocenters. The van der Waals surface area contributed by atoms with Crippen molar-refractivity contribution in [3.05, 3.63) is 30.5 Å². The largest absolute Gasteiger partial charge is 0.370 e. The van der Waals surface area contributed by atoms with Crippen molar-refractivity contribution in [3.63, 3.8) is 0 Å². The van der Waals surface area contributed by atoms with Crippen LogP contribution in [0.25, 0.3) is 0 Å². The molecule has 2 aromatic rings. The van der Waals surface area contributed by atoms with E-state index in [2.05, 4.69) is 25.9 Å². The van der Waals surface area contributed by atoms with E-state index < -0.39 is 10.0 Å². The summed E-state index contributed by atoms with van der Waals surface area (Å²) in [6.45, 7) is 2.73. The molecule has 0 aliphatic carbocycles. The van der Waals surface area contributed by atoms with E-state index in [-0.39, 0.29) is 10.8 Å². The highest BCUT2D eigenvalue weighted by atomic mass is 32.2. The lowest BCUT2D eigenvalue weighted by atomic mass is 9.99. The normalized spacial score (nSPS) is 11.0. The molecule has 0 aliphatic rings. The number of amides is 1. The minimum absolute atomic E-state index is 0.0365. The summed E-state index contributed by atoms with van der Waals surface area (Å²) in [4.78, 5) is 19.5. The molecule has 5 N–H and O–H groups in total. The monoisotopic (exact) mass is 376 g/mol. The van der Waals surface area contributed by atoms with Crippen LogP contribution in [0.4, 0.5) is 17.5 Å². The Morgan fingerprint density at radius 1 is 1.23 bits per heavy atom. The summed E-state index contributed by atoms with van der Waals surface area (Å²) in [6.07, 6.45) is 2.45. The fourth-order valence-corrected chi connectivity index (χ4v) is 2.61. The first-order chi connectivity index (χ1) is 12.3. The molecule has 138 valence electrons. The maximum atomic E-state index is 11.3. The Bertz CT molecular complexity index is 873. The second-order valence-corrected chi connectivity index (χ2v) is 7.24. The highest BCUT2D eigenvalue weighted by Crippen LogP contribution is 2.16. The third kappa shape index (κ3) is 6.01. The van der Waals surface area contributed by atoms with Gasteiger partial charge in [0.2, 0.25) is 21.9 Å². The van der Waals surface area contributed by atoms with Gasteiger partial charge >= 0.3 is 0 Å². The van der Waals surface area contributed by atoms with Crippen molar-refractivity contribution >= 4 is 46.7 Å². The fraction of sp³-hybridized carbons (Fsp3) is 0.267. The van der Waals surface area contributed by atoms with Gasteiger partial charge in [-0.1, -0.05) is 0 Å². The SMILES string of the molecule is Bc1cnc(Nc2ccc(S(N)(=O)=O)cc2)nc1NCCCNC(C)=O. The molecule has 0 unspecified atom stereocenters. The summed E-state index contributed by atoms with van der Waals surface area (Å²) in [6, 6.07) is 5.99. The van der Waals surface area contributed by atoms with Crippen LogP contribution in [0, 0.1) is 0 Å².